The number of hydrogen-bond donors (Lipinski definition) is 2. The first-order valence-electron chi connectivity index (χ1n) is 4.19. The predicted molar refractivity (Wildman–Crippen MR) is 52.2 cm³/mol. The van der Waals surface area contributed by atoms with Crippen LogP contribution >= 0.6 is 0 Å². The van der Waals surface area contributed by atoms with Crippen molar-refractivity contribution in [1.29, 1.82) is 0 Å². The van der Waals surface area contributed by atoms with Crippen LogP contribution in [0.4, 0.5) is 10.1 Å². The number of fused-ring (bicyclic) bond motifs is 1. The van der Waals surface area contributed by atoms with Gasteiger partial charge in [0.05, 0.1) is 0 Å². The number of alkyl halides is 1. The second-order valence-corrected chi connectivity index (χ2v) is 3.17. The van der Waals surface area contributed by atoms with Crippen molar-refractivity contribution in [2.45, 2.75) is 13.1 Å². The van der Waals surface area contributed by atoms with E-state index < -0.39 is 6.17 Å². The molecule has 0 aliphatic heterocycles. The zero-order valence-corrected chi connectivity index (χ0v) is 7.34. The van der Waals surface area contributed by atoms with Crippen LogP contribution in [0.3, 0.4) is 0 Å². The third-order valence-electron chi connectivity index (χ3n) is 2.17. The number of hydrogen-bond acceptors (Lipinski definition) is 1. The molecular weight excluding hydrogens is 167 g/mol. The summed E-state index contributed by atoms with van der Waals surface area (Å²) in [7, 11) is 0. The zero-order chi connectivity index (χ0) is 9.42. The van der Waals surface area contributed by atoms with Gasteiger partial charge in [0.25, 0.3) is 0 Å². The monoisotopic (exact) mass is 178 g/mol. The van der Waals surface area contributed by atoms with Crippen LogP contribution in [0.5, 0.6) is 0 Å². The highest BCUT2D eigenvalue weighted by molar-refractivity contribution is 5.86. The topological polar surface area (TPSA) is 41.8 Å². The third kappa shape index (κ3) is 1.26. The summed E-state index contributed by atoms with van der Waals surface area (Å²) in [5.74, 6) is 0. The fourth-order valence-corrected chi connectivity index (χ4v) is 1.49. The van der Waals surface area contributed by atoms with Crippen molar-refractivity contribution in [2.75, 3.05) is 5.73 Å². The molecule has 13 heavy (non-hydrogen) atoms. The summed E-state index contributed by atoms with van der Waals surface area (Å²) in [4.78, 5) is 3.00. The second kappa shape index (κ2) is 2.76. The Morgan fingerprint density at radius 2 is 2.23 bits per heavy atom. The Bertz CT molecular complexity index is 431. The molecule has 1 atom stereocenters. The summed E-state index contributed by atoms with van der Waals surface area (Å²) in [6.45, 7) is 1.52. The van der Waals surface area contributed by atoms with E-state index in [1.807, 2.05) is 6.07 Å². The molecule has 1 aromatic carbocycles. The average Bonchev–Trinajstić information content (AvgIpc) is 2.46. The lowest BCUT2D eigenvalue weighted by Gasteiger charge is -1.99. The van der Waals surface area contributed by atoms with E-state index in [4.69, 9.17) is 5.73 Å². The average molecular weight is 178 g/mol. The Labute approximate surface area is 75.6 Å². The number of H-pyrrole nitrogens is 1. The van der Waals surface area contributed by atoms with E-state index in [1.54, 1.807) is 18.3 Å². The molecule has 3 N–H and O–H groups in total. The molecule has 0 saturated carbocycles. The molecule has 0 radical (unpaired) electrons. The van der Waals surface area contributed by atoms with Gasteiger partial charge in [-0.15, -0.1) is 0 Å². The number of halogens is 1. The largest absolute Gasteiger partial charge is 0.399 e. The first kappa shape index (κ1) is 8.10. The van der Waals surface area contributed by atoms with Gasteiger partial charge < -0.3 is 10.7 Å². The molecule has 0 amide bonds. The van der Waals surface area contributed by atoms with Gasteiger partial charge in [0, 0.05) is 28.4 Å². The van der Waals surface area contributed by atoms with Gasteiger partial charge in [-0.3, -0.25) is 0 Å². The molecule has 2 nitrogen and oxygen atoms in total. The minimum atomic E-state index is -0.962. The van der Waals surface area contributed by atoms with E-state index in [0.29, 0.717) is 11.3 Å². The Hall–Kier alpha value is -1.51. The van der Waals surface area contributed by atoms with E-state index in [9.17, 15) is 4.39 Å². The lowest BCUT2D eigenvalue weighted by molar-refractivity contribution is 0.376. The Kier molecular flexibility index (Phi) is 1.72. The van der Waals surface area contributed by atoms with E-state index in [1.165, 1.54) is 6.92 Å². The van der Waals surface area contributed by atoms with Crippen molar-refractivity contribution in [1.82, 2.24) is 4.98 Å². The van der Waals surface area contributed by atoms with Gasteiger partial charge in [-0.25, -0.2) is 4.39 Å². The van der Waals surface area contributed by atoms with Gasteiger partial charge in [-0.1, -0.05) is 0 Å². The van der Waals surface area contributed by atoms with Crippen LogP contribution in [0.2, 0.25) is 0 Å². The third-order valence-corrected chi connectivity index (χ3v) is 2.17. The minimum absolute atomic E-state index is 0.661. The molecule has 1 unspecified atom stereocenters. The molecule has 0 saturated heterocycles. The van der Waals surface area contributed by atoms with E-state index in [-0.39, 0.29) is 0 Å². The van der Waals surface area contributed by atoms with Crippen molar-refractivity contribution in [3.05, 3.63) is 30.0 Å². The van der Waals surface area contributed by atoms with Gasteiger partial charge in [0.1, 0.15) is 6.17 Å². The van der Waals surface area contributed by atoms with Crippen molar-refractivity contribution < 1.29 is 4.39 Å². The van der Waals surface area contributed by atoms with Crippen molar-refractivity contribution in [2.24, 2.45) is 0 Å². The lowest BCUT2D eigenvalue weighted by atomic mass is 10.1. The quantitative estimate of drug-likeness (QED) is 0.648. The maximum Gasteiger partial charge on any atom is 0.124 e. The number of rotatable bonds is 1. The highest BCUT2D eigenvalue weighted by atomic mass is 19.1. The smallest absolute Gasteiger partial charge is 0.124 e. The molecule has 68 valence electrons. The van der Waals surface area contributed by atoms with E-state index >= 15 is 0 Å². The first-order chi connectivity index (χ1) is 6.18. The van der Waals surface area contributed by atoms with Gasteiger partial charge in [-0.2, -0.15) is 0 Å². The van der Waals surface area contributed by atoms with Gasteiger partial charge in [-0.05, 0) is 25.1 Å². The van der Waals surface area contributed by atoms with Gasteiger partial charge in [0.15, 0.2) is 0 Å². The Morgan fingerprint density at radius 1 is 1.46 bits per heavy atom. The number of anilines is 1. The summed E-state index contributed by atoms with van der Waals surface area (Å²) >= 11 is 0. The summed E-state index contributed by atoms with van der Waals surface area (Å²) in [5.41, 5.74) is 7.87. The molecule has 0 bridgehead atoms. The van der Waals surface area contributed by atoms with Crippen molar-refractivity contribution >= 4 is 16.6 Å². The minimum Gasteiger partial charge on any atom is -0.399 e. The highest BCUT2D eigenvalue weighted by Gasteiger charge is 2.09. The van der Waals surface area contributed by atoms with Crippen LogP contribution in [0.25, 0.3) is 10.9 Å². The fourth-order valence-electron chi connectivity index (χ4n) is 1.49. The van der Waals surface area contributed by atoms with Crippen molar-refractivity contribution in [3.8, 4) is 0 Å². The van der Waals surface area contributed by atoms with Crippen molar-refractivity contribution in [3.63, 3.8) is 0 Å². The predicted octanol–water partition coefficient (Wildman–Crippen LogP) is 2.78. The molecule has 2 rings (SSSR count). The Morgan fingerprint density at radius 3 is 2.92 bits per heavy atom. The molecular formula is C10H11FN2. The summed E-state index contributed by atoms with van der Waals surface area (Å²) < 4.78 is 13.1. The summed E-state index contributed by atoms with van der Waals surface area (Å²) in [6.07, 6.45) is 0.727. The van der Waals surface area contributed by atoms with Gasteiger partial charge in [0.2, 0.25) is 0 Å². The molecule has 2 aromatic rings. The molecule has 0 spiro atoms. The van der Waals surface area contributed by atoms with Crippen LogP contribution in [0, 0.1) is 0 Å². The van der Waals surface area contributed by atoms with Crippen LogP contribution in [-0.2, 0) is 0 Å². The number of benzene rings is 1. The SMILES string of the molecule is CC(F)c1c[nH]c2ccc(N)cc12. The number of nitrogens with two attached hydrogens (primary N) is 1. The van der Waals surface area contributed by atoms with Crippen LogP contribution in [0.1, 0.15) is 18.7 Å². The molecule has 3 heteroatoms. The molecule has 0 aliphatic carbocycles. The van der Waals surface area contributed by atoms with E-state index in [0.717, 1.165) is 10.9 Å². The number of nitrogens with one attached hydrogen (secondary N) is 1. The number of aromatic nitrogens is 1. The maximum atomic E-state index is 13.1. The van der Waals surface area contributed by atoms with Crippen LogP contribution < -0.4 is 5.73 Å². The van der Waals surface area contributed by atoms with E-state index in [2.05, 4.69) is 4.98 Å². The summed E-state index contributed by atoms with van der Waals surface area (Å²) in [6, 6.07) is 5.44. The maximum absolute atomic E-state index is 13.1. The standard InChI is InChI=1S/C10H11FN2/c1-6(11)9-5-13-10-3-2-7(12)4-8(9)10/h2-6,13H,12H2,1H3. The summed E-state index contributed by atoms with van der Waals surface area (Å²) in [5, 5.41) is 0.870. The first-order valence-corrected chi connectivity index (χ1v) is 4.19. The normalized spacial score (nSPS) is 13.4. The second-order valence-electron chi connectivity index (χ2n) is 3.17. The molecule has 1 heterocycles. The molecule has 0 aliphatic rings. The van der Waals surface area contributed by atoms with Gasteiger partial charge >= 0.3 is 0 Å². The Balaban J connectivity index is 2.71. The van der Waals surface area contributed by atoms with Crippen LogP contribution in [0.15, 0.2) is 24.4 Å². The fraction of sp³-hybridized carbons (Fsp3) is 0.200. The molecule has 0 fully saturated rings. The number of nitrogen functional groups attached to an aromatic ring is 1. The van der Waals surface area contributed by atoms with Crippen LogP contribution in [-0.4, -0.2) is 4.98 Å². The number of aromatic amines is 1. The zero-order valence-electron chi connectivity index (χ0n) is 7.34. The highest BCUT2D eigenvalue weighted by Crippen LogP contribution is 2.27. The lowest BCUT2D eigenvalue weighted by Crippen LogP contribution is -1.85. The molecule has 1 aromatic heterocycles.